The second-order valence-corrected chi connectivity index (χ2v) is 7.35. The summed E-state index contributed by atoms with van der Waals surface area (Å²) in [5, 5.41) is 9.51. The highest BCUT2D eigenvalue weighted by Crippen LogP contribution is 2.36. The first-order valence-corrected chi connectivity index (χ1v) is 9.59. The van der Waals surface area contributed by atoms with Gasteiger partial charge in [0.2, 0.25) is 0 Å². The highest BCUT2D eigenvalue weighted by molar-refractivity contribution is 5.83. The Morgan fingerprint density at radius 1 is 1.19 bits per heavy atom. The zero-order valence-corrected chi connectivity index (χ0v) is 15.3. The minimum atomic E-state index is 0.686. The van der Waals surface area contributed by atoms with Crippen LogP contribution in [-0.4, -0.2) is 26.1 Å². The largest absolute Gasteiger partial charge is 0.370 e. The van der Waals surface area contributed by atoms with E-state index in [-0.39, 0.29) is 0 Å². The SMILES string of the molecule is C=C(Cc1nc2cccc(NCCc3c[nH]c4ccccc34)n2n1)C1CC1. The van der Waals surface area contributed by atoms with Crippen LogP contribution in [0.2, 0.25) is 0 Å². The van der Waals surface area contributed by atoms with Crippen LogP contribution in [0.4, 0.5) is 5.82 Å². The van der Waals surface area contributed by atoms with Crippen LogP contribution in [0.15, 0.2) is 60.8 Å². The molecule has 0 unspecified atom stereocenters. The number of rotatable bonds is 7. The van der Waals surface area contributed by atoms with Gasteiger partial charge in [0.25, 0.3) is 0 Å². The number of aromatic amines is 1. The van der Waals surface area contributed by atoms with Gasteiger partial charge < -0.3 is 10.3 Å². The molecular weight excluding hydrogens is 334 g/mol. The molecule has 3 heterocycles. The summed E-state index contributed by atoms with van der Waals surface area (Å²) in [5.74, 6) is 2.52. The third kappa shape index (κ3) is 3.21. The monoisotopic (exact) mass is 357 g/mol. The Morgan fingerprint density at radius 2 is 2.07 bits per heavy atom. The summed E-state index contributed by atoms with van der Waals surface area (Å²) in [6.07, 6.45) is 6.37. The van der Waals surface area contributed by atoms with Crippen LogP contribution in [0.25, 0.3) is 16.6 Å². The highest BCUT2D eigenvalue weighted by Gasteiger charge is 2.25. The first kappa shape index (κ1) is 16.1. The Balaban J connectivity index is 1.31. The summed E-state index contributed by atoms with van der Waals surface area (Å²) >= 11 is 0. The van der Waals surface area contributed by atoms with Gasteiger partial charge in [0, 0.05) is 30.1 Å². The average Bonchev–Trinajstić information content (AvgIpc) is 3.34. The van der Waals surface area contributed by atoms with Crippen molar-refractivity contribution in [2.24, 2.45) is 5.92 Å². The zero-order chi connectivity index (χ0) is 18.2. The fourth-order valence-electron chi connectivity index (χ4n) is 3.66. The van der Waals surface area contributed by atoms with E-state index in [9.17, 15) is 0 Å². The maximum Gasteiger partial charge on any atom is 0.158 e. The molecule has 0 saturated heterocycles. The molecule has 3 aromatic heterocycles. The van der Waals surface area contributed by atoms with Crippen molar-refractivity contribution in [3.8, 4) is 0 Å². The fraction of sp³-hybridized carbons (Fsp3) is 0.273. The molecule has 4 aromatic rings. The molecule has 1 aliphatic carbocycles. The average molecular weight is 357 g/mol. The lowest BCUT2D eigenvalue weighted by Gasteiger charge is -2.07. The van der Waals surface area contributed by atoms with Gasteiger partial charge in [0.15, 0.2) is 11.5 Å². The lowest BCUT2D eigenvalue weighted by molar-refractivity contribution is 0.850. The summed E-state index contributed by atoms with van der Waals surface area (Å²) < 4.78 is 1.91. The highest BCUT2D eigenvalue weighted by atomic mass is 15.3. The van der Waals surface area contributed by atoms with Gasteiger partial charge in [0.1, 0.15) is 5.82 Å². The Kier molecular flexibility index (Phi) is 3.93. The predicted molar refractivity (Wildman–Crippen MR) is 109 cm³/mol. The summed E-state index contributed by atoms with van der Waals surface area (Å²) in [6.45, 7) is 5.04. The first-order chi connectivity index (χ1) is 13.3. The van der Waals surface area contributed by atoms with Crippen LogP contribution in [0.3, 0.4) is 0 Å². The van der Waals surface area contributed by atoms with E-state index in [2.05, 4.69) is 58.4 Å². The number of hydrogen-bond donors (Lipinski definition) is 2. The van der Waals surface area contributed by atoms with E-state index >= 15 is 0 Å². The lowest BCUT2D eigenvalue weighted by atomic mass is 10.1. The fourth-order valence-corrected chi connectivity index (χ4v) is 3.66. The van der Waals surface area contributed by atoms with Crippen molar-refractivity contribution in [1.29, 1.82) is 0 Å². The van der Waals surface area contributed by atoms with Crippen molar-refractivity contribution < 1.29 is 0 Å². The van der Waals surface area contributed by atoms with Crippen molar-refractivity contribution in [3.05, 3.63) is 72.2 Å². The molecule has 0 bridgehead atoms. The van der Waals surface area contributed by atoms with Crippen molar-refractivity contribution in [2.45, 2.75) is 25.7 Å². The summed E-state index contributed by atoms with van der Waals surface area (Å²) in [6, 6.07) is 14.5. The summed E-state index contributed by atoms with van der Waals surface area (Å²) in [4.78, 5) is 8.01. The number of allylic oxidation sites excluding steroid dienone is 1. The number of pyridine rings is 1. The molecule has 1 saturated carbocycles. The van der Waals surface area contributed by atoms with E-state index in [0.29, 0.717) is 5.92 Å². The smallest absolute Gasteiger partial charge is 0.158 e. The van der Waals surface area contributed by atoms with Gasteiger partial charge in [-0.25, -0.2) is 4.98 Å². The van der Waals surface area contributed by atoms with Gasteiger partial charge in [-0.05, 0) is 48.9 Å². The molecular formula is C22H23N5. The Morgan fingerprint density at radius 3 is 2.96 bits per heavy atom. The van der Waals surface area contributed by atoms with E-state index in [1.54, 1.807) is 0 Å². The molecule has 136 valence electrons. The van der Waals surface area contributed by atoms with E-state index in [0.717, 1.165) is 36.7 Å². The van der Waals surface area contributed by atoms with Crippen molar-refractivity contribution in [3.63, 3.8) is 0 Å². The van der Waals surface area contributed by atoms with Gasteiger partial charge in [-0.15, -0.1) is 5.10 Å². The summed E-state index contributed by atoms with van der Waals surface area (Å²) in [5.41, 5.74) is 4.65. The molecule has 0 atom stereocenters. The van der Waals surface area contributed by atoms with E-state index in [4.69, 9.17) is 5.10 Å². The van der Waals surface area contributed by atoms with Crippen LogP contribution >= 0.6 is 0 Å². The number of aromatic nitrogens is 4. The molecule has 5 rings (SSSR count). The maximum absolute atomic E-state index is 4.70. The maximum atomic E-state index is 4.70. The number of para-hydroxylation sites is 1. The minimum absolute atomic E-state index is 0.686. The molecule has 0 radical (unpaired) electrons. The number of benzene rings is 1. The number of hydrogen-bond acceptors (Lipinski definition) is 3. The predicted octanol–water partition coefficient (Wildman–Crippen LogP) is 4.37. The third-order valence-corrected chi connectivity index (χ3v) is 5.32. The minimum Gasteiger partial charge on any atom is -0.370 e. The second kappa shape index (κ2) is 6.58. The third-order valence-electron chi connectivity index (χ3n) is 5.32. The van der Waals surface area contributed by atoms with Crippen molar-refractivity contribution >= 4 is 22.4 Å². The Labute approximate surface area is 158 Å². The van der Waals surface area contributed by atoms with Crippen LogP contribution in [0, 0.1) is 5.92 Å². The zero-order valence-electron chi connectivity index (χ0n) is 15.3. The van der Waals surface area contributed by atoms with Crippen LogP contribution in [-0.2, 0) is 12.8 Å². The van der Waals surface area contributed by atoms with Crippen molar-refractivity contribution in [2.75, 3.05) is 11.9 Å². The number of nitrogens with one attached hydrogen (secondary N) is 2. The second-order valence-electron chi connectivity index (χ2n) is 7.35. The number of H-pyrrole nitrogens is 1. The standard InChI is InChI=1S/C22H23N5/c1-15(16-9-10-16)13-20-25-22-8-4-7-21(27(22)26-20)23-12-11-17-14-24-19-6-3-2-5-18(17)19/h2-8,14,16,23-24H,1,9-13H2. The van der Waals surface area contributed by atoms with Gasteiger partial charge in [-0.1, -0.05) is 36.4 Å². The molecule has 2 N–H and O–H groups in total. The normalized spacial score (nSPS) is 14.1. The lowest BCUT2D eigenvalue weighted by Crippen LogP contribution is -2.08. The Bertz CT molecular complexity index is 1120. The Hall–Kier alpha value is -3.08. The number of fused-ring (bicyclic) bond motifs is 2. The van der Waals surface area contributed by atoms with Crippen LogP contribution in [0.5, 0.6) is 0 Å². The summed E-state index contributed by atoms with van der Waals surface area (Å²) in [7, 11) is 0. The van der Waals surface area contributed by atoms with E-state index < -0.39 is 0 Å². The van der Waals surface area contributed by atoms with Crippen LogP contribution < -0.4 is 5.32 Å². The molecule has 5 nitrogen and oxygen atoms in total. The van der Waals surface area contributed by atoms with Gasteiger partial charge in [0.05, 0.1) is 0 Å². The van der Waals surface area contributed by atoms with Gasteiger partial charge in [-0.3, -0.25) is 0 Å². The molecule has 27 heavy (non-hydrogen) atoms. The van der Waals surface area contributed by atoms with Gasteiger partial charge in [-0.2, -0.15) is 4.52 Å². The molecule has 1 fully saturated rings. The quantitative estimate of drug-likeness (QED) is 0.483. The van der Waals surface area contributed by atoms with Crippen LogP contribution in [0.1, 0.15) is 24.2 Å². The molecule has 1 aliphatic rings. The number of nitrogens with zero attached hydrogens (tertiary/aromatic N) is 3. The molecule has 1 aromatic carbocycles. The number of anilines is 1. The van der Waals surface area contributed by atoms with Crippen molar-refractivity contribution in [1.82, 2.24) is 19.6 Å². The molecule has 0 aliphatic heterocycles. The molecule has 0 amide bonds. The molecule has 5 heteroatoms. The molecule has 0 spiro atoms. The van der Waals surface area contributed by atoms with Gasteiger partial charge >= 0.3 is 0 Å². The topological polar surface area (TPSA) is 58.0 Å². The first-order valence-electron chi connectivity index (χ1n) is 9.59. The van der Waals surface area contributed by atoms with E-state index in [1.165, 1.54) is 34.9 Å². The van der Waals surface area contributed by atoms with E-state index in [1.807, 2.05) is 16.6 Å².